The molecule has 2 fully saturated rings. The largest absolute Gasteiger partial charge is 0.480 e. The van der Waals surface area contributed by atoms with Crippen LogP contribution in [-0.4, -0.2) is 57.7 Å². The summed E-state index contributed by atoms with van der Waals surface area (Å²) in [5.41, 5.74) is 0. The molecular weight excluding hydrogens is 240 g/mol. The second kappa shape index (κ2) is 5.16. The number of hydrogen-bond acceptors (Lipinski definition) is 3. The van der Waals surface area contributed by atoms with Crippen molar-refractivity contribution >= 4 is 23.8 Å². The van der Waals surface area contributed by atoms with E-state index >= 15 is 0 Å². The molecule has 0 aromatic carbocycles. The summed E-state index contributed by atoms with van der Waals surface area (Å²) in [5.74, 6) is 0.0927. The Balaban J connectivity index is 2.00. The lowest BCUT2D eigenvalue weighted by Gasteiger charge is -2.30. The summed E-state index contributed by atoms with van der Waals surface area (Å²) < 4.78 is 0. The van der Waals surface area contributed by atoms with Gasteiger partial charge in [-0.15, -0.1) is 11.8 Å². The van der Waals surface area contributed by atoms with Crippen molar-refractivity contribution in [3.05, 3.63) is 0 Å². The minimum absolute atomic E-state index is 0.130. The number of urea groups is 1. The van der Waals surface area contributed by atoms with E-state index in [-0.39, 0.29) is 6.03 Å². The van der Waals surface area contributed by atoms with E-state index < -0.39 is 12.0 Å². The second-order valence-electron chi connectivity index (χ2n) is 4.66. The van der Waals surface area contributed by atoms with Crippen LogP contribution in [0.25, 0.3) is 0 Å². The number of carbonyl (C=O) groups excluding carboxylic acids is 1. The predicted octanol–water partition coefficient (Wildman–Crippen LogP) is 1.44. The molecule has 0 aromatic heterocycles. The summed E-state index contributed by atoms with van der Waals surface area (Å²) in [5, 5.41) is 9.05. The molecule has 1 heterocycles. The molecule has 1 unspecified atom stereocenters. The summed E-state index contributed by atoms with van der Waals surface area (Å²) in [7, 11) is 1.79. The van der Waals surface area contributed by atoms with Crippen molar-refractivity contribution in [3.63, 3.8) is 0 Å². The zero-order valence-corrected chi connectivity index (χ0v) is 10.8. The van der Waals surface area contributed by atoms with Gasteiger partial charge in [-0.1, -0.05) is 12.8 Å². The first-order valence-corrected chi connectivity index (χ1v) is 7.10. The average molecular weight is 258 g/mol. The highest BCUT2D eigenvalue weighted by Gasteiger charge is 2.37. The second-order valence-corrected chi connectivity index (χ2v) is 5.66. The lowest BCUT2D eigenvalue weighted by molar-refractivity contribution is -0.140. The van der Waals surface area contributed by atoms with Crippen LogP contribution >= 0.6 is 11.8 Å². The fourth-order valence-corrected chi connectivity index (χ4v) is 3.62. The third kappa shape index (κ3) is 2.51. The van der Waals surface area contributed by atoms with Gasteiger partial charge in [0.1, 0.15) is 6.04 Å². The van der Waals surface area contributed by atoms with E-state index in [1.54, 1.807) is 11.9 Å². The monoisotopic (exact) mass is 258 g/mol. The molecule has 0 spiro atoms. The van der Waals surface area contributed by atoms with Crippen molar-refractivity contribution in [1.29, 1.82) is 0 Å². The minimum Gasteiger partial charge on any atom is -0.480 e. The van der Waals surface area contributed by atoms with Crippen molar-refractivity contribution in [2.45, 2.75) is 37.8 Å². The number of rotatable bonds is 2. The smallest absolute Gasteiger partial charge is 0.327 e. The normalized spacial score (nSPS) is 25.2. The van der Waals surface area contributed by atoms with E-state index in [4.69, 9.17) is 5.11 Å². The van der Waals surface area contributed by atoms with Gasteiger partial charge in [-0.3, -0.25) is 0 Å². The van der Waals surface area contributed by atoms with Crippen molar-refractivity contribution < 1.29 is 14.7 Å². The van der Waals surface area contributed by atoms with Gasteiger partial charge in [0.05, 0.1) is 5.88 Å². The maximum atomic E-state index is 12.2. The van der Waals surface area contributed by atoms with Crippen LogP contribution in [0.4, 0.5) is 4.79 Å². The van der Waals surface area contributed by atoms with Gasteiger partial charge in [-0.25, -0.2) is 9.59 Å². The third-order valence-electron chi connectivity index (χ3n) is 3.59. The van der Waals surface area contributed by atoms with Crippen LogP contribution in [0.3, 0.4) is 0 Å². The SMILES string of the molecule is CN(C(=O)N1CSCC1C(=O)O)C1CCCC1. The Morgan fingerprint density at radius 2 is 2.00 bits per heavy atom. The Bertz CT molecular complexity index is 318. The highest BCUT2D eigenvalue weighted by atomic mass is 32.2. The van der Waals surface area contributed by atoms with Crippen molar-refractivity contribution in [2.75, 3.05) is 18.7 Å². The van der Waals surface area contributed by atoms with Crippen LogP contribution in [0.1, 0.15) is 25.7 Å². The van der Waals surface area contributed by atoms with Gasteiger partial charge in [0.2, 0.25) is 0 Å². The Labute approximate surface area is 105 Å². The Kier molecular flexibility index (Phi) is 3.81. The number of thioether (sulfide) groups is 1. The molecule has 0 aromatic rings. The maximum Gasteiger partial charge on any atom is 0.327 e. The fourth-order valence-electron chi connectivity index (χ4n) is 2.49. The Hall–Kier alpha value is -0.910. The molecular formula is C11H18N2O3S. The molecule has 1 atom stereocenters. The zero-order chi connectivity index (χ0) is 12.4. The highest BCUT2D eigenvalue weighted by Crippen LogP contribution is 2.27. The van der Waals surface area contributed by atoms with Gasteiger partial charge >= 0.3 is 12.0 Å². The predicted molar refractivity (Wildman–Crippen MR) is 66.0 cm³/mol. The van der Waals surface area contributed by atoms with Crippen molar-refractivity contribution in [2.24, 2.45) is 0 Å². The summed E-state index contributed by atoms with van der Waals surface area (Å²) in [6, 6.07) is -0.492. The molecule has 1 aliphatic heterocycles. The van der Waals surface area contributed by atoms with E-state index in [2.05, 4.69) is 0 Å². The third-order valence-corrected chi connectivity index (χ3v) is 4.60. The number of aliphatic carboxylic acids is 1. The van der Waals surface area contributed by atoms with Crippen LogP contribution in [-0.2, 0) is 4.79 Å². The molecule has 2 rings (SSSR count). The first-order chi connectivity index (χ1) is 8.11. The van der Waals surface area contributed by atoms with Crippen LogP contribution in [0.5, 0.6) is 0 Å². The van der Waals surface area contributed by atoms with E-state index in [0.29, 0.717) is 17.7 Å². The standard InChI is InChI=1S/C11H18N2O3S/c1-12(8-4-2-3-5-8)11(16)13-7-17-6-9(13)10(14)15/h8-9H,2-7H2,1H3,(H,14,15). The van der Waals surface area contributed by atoms with Gasteiger partial charge in [0.15, 0.2) is 0 Å². The molecule has 96 valence electrons. The maximum absolute atomic E-state index is 12.2. The average Bonchev–Trinajstić information content (AvgIpc) is 2.97. The molecule has 17 heavy (non-hydrogen) atoms. The van der Waals surface area contributed by atoms with Crippen LogP contribution in [0, 0.1) is 0 Å². The number of amides is 2. The van der Waals surface area contributed by atoms with Crippen LogP contribution < -0.4 is 0 Å². The summed E-state index contributed by atoms with van der Waals surface area (Å²) in [6.07, 6.45) is 4.42. The van der Waals surface area contributed by atoms with Gasteiger partial charge in [-0.05, 0) is 12.8 Å². The molecule has 1 N–H and O–H groups in total. The fraction of sp³-hybridized carbons (Fsp3) is 0.818. The highest BCUT2D eigenvalue weighted by molar-refractivity contribution is 7.99. The molecule has 1 saturated carbocycles. The van der Waals surface area contributed by atoms with Gasteiger partial charge in [0.25, 0.3) is 0 Å². The molecule has 2 aliphatic rings. The number of nitrogens with zero attached hydrogens (tertiary/aromatic N) is 2. The van der Waals surface area contributed by atoms with E-state index in [0.717, 1.165) is 12.8 Å². The van der Waals surface area contributed by atoms with Crippen molar-refractivity contribution in [1.82, 2.24) is 9.80 Å². The lowest BCUT2D eigenvalue weighted by atomic mass is 10.2. The molecule has 0 bridgehead atoms. The van der Waals surface area contributed by atoms with Gasteiger partial charge < -0.3 is 14.9 Å². The first kappa shape index (κ1) is 12.5. The number of carboxylic acid groups (broad SMARTS) is 1. The first-order valence-electron chi connectivity index (χ1n) is 5.95. The van der Waals surface area contributed by atoms with E-state index in [9.17, 15) is 9.59 Å². The van der Waals surface area contributed by atoms with E-state index in [1.807, 2.05) is 0 Å². The Morgan fingerprint density at radius 3 is 2.59 bits per heavy atom. The van der Waals surface area contributed by atoms with E-state index in [1.165, 1.54) is 29.5 Å². The lowest BCUT2D eigenvalue weighted by Crippen LogP contribution is -2.49. The topological polar surface area (TPSA) is 60.9 Å². The van der Waals surface area contributed by atoms with Crippen molar-refractivity contribution in [3.8, 4) is 0 Å². The zero-order valence-electron chi connectivity index (χ0n) is 9.96. The molecule has 1 saturated heterocycles. The number of carbonyl (C=O) groups is 2. The number of carboxylic acids is 1. The minimum atomic E-state index is -0.900. The van der Waals surface area contributed by atoms with Crippen LogP contribution in [0.2, 0.25) is 0 Å². The molecule has 2 amide bonds. The van der Waals surface area contributed by atoms with Gasteiger partial charge in [-0.2, -0.15) is 0 Å². The summed E-state index contributed by atoms with van der Waals surface area (Å²) >= 11 is 1.50. The number of hydrogen-bond donors (Lipinski definition) is 1. The summed E-state index contributed by atoms with van der Waals surface area (Å²) in [6.45, 7) is 0. The molecule has 5 nitrogen and oxygen atoms in total. The summed E-state index contributed by atoms with van der Waals surface area (Å²) in [4.78, 5) is 26.5. The molecule has 0 radical (unpaired) electrons. The van der Waals surface area contributed by atoms with Crippen LogP contribution in [0.15, 0.2) is 0 Å². The van der Waals surface area contributed by atoms with Gasteiger partial charge in [0, 0.05) is 18.8 Å². The quantitative estimate of drug-likeness (QED) is 0.814. The molecule has 1 aliphatic carbocycles. The Morgan fingerprint density at radius 1 is 1.35 bits per heavy atom. The molecule has 6 heteroatoms.